The van der Waals surface area contributed by atoms with E-state index in [9.17, 15) is 8.42 Å². The van der Waals surface area contributed by atoms with Gasteiger partial charge >= 0.3 is 0 Å². The Morgan fingerprint density at radius 3 is 2.05 bits per heavy atom. The molecule has 2 aromatic carbocycles. The van der Waals surface area contributed by atoms with Crippen LogP contribution in [0.5, 0.6) is 0 Å². The zero-order valence-corrected chi connectivity index (χ0v) is 12.1. The second-order valence-electron chi connectivity index (χ2n) is 4.44. The van der Waals surface area contributed by atoms with Crippen LogP contribution in [-0.4, -0.2) is 15.5 Å². The lowest BCUT2D eigenvalue weighted by atomic mass is 10.2. The fourth-order valence-corrected chi connectivity index (χ4v) is 2.95. The smallest absolute Gasteiger partial charge is 0.264 e. The maximum atomic E-state index is 12.5. The van der Waals surface area contributed by atoms with E-state index >= 15 is 0 Å². The summed E-state index contributed by atoms with van der Waals surface area (Å²) in [6.07, 6.45) is 0. The highest BCUT2D eigenvalue weighted by Crippen LogP contribution is 2.22. The van der Waals surface area contributed by atoms with E-state index in [1.165, 1.54) is 11.4 Å². The minimum Gasteiger partial charge on any atom is -0.269 e. The van der Waals surface area contributed by atoms with Crippen molar-refractivity contribution in [3.05, 3.63) is 59.7 Å². The molecule has 0 amide bonds. The van der Waals surface area contributed by atoms with Crippen molar-refractivity contribution >= 4 is 15.7 Å². The van der Waals surface area contributed by atoms with Crippen molar-refractivity contribution in [1.82, 2.24) is 0 Å². The van der Waals surface area contributed by atoms with Gasteiger partial charge in [0.25, 0.3) is 10.0 Å². The van der Waals surface area contributed by atoms with E-state index in [-0.39, 0.29) is 4.90 Å². The molecule has 0 radical (unpaired) electrons. The Morgan fingerprint density at radius 2 is 1.55 bits per heavy atom. The van der Waals surface area contributed by atoms with Crippen LogP contribution in [0.1, 0.15) is 11.1 Å². The number of nitrogens with zero attached hydrogens (tertiary/aromatic N) is 2. The largest absolute Gasteiger partial charge is 0.269 e. The Kier molecular flexibility index (Phi) is 3.77. The molecule has 0 heterocycles. The molecule has 0 spiro atoms. The molecular weight excluding hydrogens is 272 g/mol. The fraction of sp³-hybridized carbons (Fsp3) is 0.133. The topological polar surface area (TPSA) is 61.2 Å². The molecule has 0 aliphatic carbocycles. The molecule has 0 fully saturated rings. The zero-order chi connectivity index (χ0) is 14.8. The monoisotopic (exact) mass is 286 g/mol. The molecule has 102 valence electrons. The highest BCUT2D eigenvalue weighted by Gasteiger charge is 2.20. The number of benzene rings is 2. The van der Waals surface area contributed by atoms with E-state index in [0.717, 1.165) is 5.56 Å². The molecule has 0 aliphatic rings. The number of hydrogen-bond donors (Lipinski definition) is 0. The summed E-state index contributed by atoms with van der Waals surface area (Å²) in [7, 11) is -2.08. The van der Waals surface area contributed by atoms with E-state index in [2.05, 4.69) is 0 Å². The second-order valence-corrected chi connectivity index (χ2v) is 6.41. The number of nitriles is 1. The van der Waals surface area contributed by atoms with Gasteiger partial charge in [-0.3, -0.25) is 4.31 Å². The van der Waals surface area contributed by atoms with Gasteiger partial charge in [0.2, 0.25) is 0 Å². The molecule has 0 bridgehead atoms. The summed E-state index contributed by atoms with van der Waals surface area (Å²) in [5, 5.41) is 8.75. The molecule has 2 aromatic rings. The predicted octanol–water partition coefficient (Wildman–Crippen LogP) is 2.69. The van der Waals surface area contributed by atoms with E-state index < -0.39 is 10.0 Å². The summed E-state index contributed by atoms with van der Waals surface area (Å²) in [5.41, 5.74) is 2.02. The third kappa shape index (κ3) is 2.65. The summed E-state index contributed by atoms with van der Waals surface area (Å²) in [4.78, 5) is 0.245. The number of hydrogen-bond acceptors (Lipinski definition) is 3. The van der Waals surface area contributed by atoms with Gasteiger partial charge in [-0.15, -0.1) is 0 Å². The van der Waals surface area contributed by atoms with Crippen LogP contribution >= 0.6 is 0 Å². The molecule has 0 aliphatic heterocycles. The summed E-state index contributed by atoms with van der Waals surface area (Å²) < 4.78 is 26.1. The molecule has 0 saturated heterocycles. The Bertz CT molecular complexity index is 742. The first-order valence-corrected chi connectivity index (χ1v) is 7.45. The van der Waals surface area contributed by atoms with Gasteiger partial charge in [-0.1, -0.05) is 17.7 Å². The number of rotatable bonds is 3. The van der Waals surface area contributed by atoms with Crippen molar-refractivity contribution < 1.29 is 8.42 Å². The summed E-state index contributed by atoms with van der Waals surface area (Å²) >= 11 is 0. The summed E-state index contributed by atoms with van der Waals surface area (Å²) in [5.74, 6) is 0. The zero-order valence-electron chi connectivity index (χ0n) is 11.2. The van der Waals surface area contributed by atoms with Crippen LogP contribution in [0.25, 0.3) is 0 Å². The van der Waals surface area contributed by atoms with Crippen LogP contribution in [0.4, 0.5) is 5.69 Å². The second kappa shape index (κ2) is 5.35. The van der Waals surface area contributed by atoms with Gasteiger partial charge in [-0.2, -0.15) is 5.26 Å². The summed E-state index contributed by atoms with van der Waals surface area (Å²) in [6.45, 7) is 1.90. The van der Waals surface area contributed by atoms with E-state index in [4.69, 9.17) is 5.26 Å². The van der Waals surface area contributed by atoms with E-state index in [0.29, 0.717) is 11.3 Å². The van der Waals surface area contributed by atoms with Crippen molar-refractivity contribution in [3.8, 4) is 6.07 Å². The minimum absolute atomic E-state index is 0.245. The van der Waals surface area contributed by atoms with Crippen LogP contribution < -0.4 is 4.31 Å². The molecule has 0 atom stereocenters. The van der Waals surface area contributed by atoms with Crippen LogP contribution in [0.3, 0.4) is 0 Å². The van der Waals surface area contributed by atoms with Crippen LogP contribution in [0, 0.1) is 18.3 Å². The lowest BCUT2D eigenvalue weighted by Crippen LogP contribution is -2.26. The average Bonchev–Trinajstić information content (AvgIpc) is 2.47. The quantitative estimate of drug-likeness (QED) is 0.871. The Hall–Kier alpha value is -2.32. The van der Waals surface area contributed by atoms with Crippen LogP contribution in [0.15, 0.2) is 53.4 Å². The van der Waals surface area contributed by atoms with Gasteiger partial charge in [0, 0.05) is 7.05 Å². The van der Waals surface area contributed by atoms with E-state index in [1.54, 1.807) is 48.5 Å². The van der Waals surface area contributed by atoms with Gasteiger partial charge < -0.3 is 0 Å². The first-order chi connectivity index (χ1) is 9.45. The van der Waals surface area contributed by atoms with Crippen molar-refractivity contribution in [2.75, 3.05) is 11.4 Å². The first kappa shape index (κ1) is 14.1. The van der Waals surface area contributed by atoms with Gasteiger partial charge in [0.1, 0.15) is 0 Å². The minimum atomic E-state index is -3.58. The number of sulfonamides is 1. The van der Waals surface area contributed by atoms with Crippen molar-refractivity contribution in [2.45, 2.75) is 11.8 Å². The Morgan fingerprint density at radius 1 is 1.00 bits per heavy atom. The molecule has 0 unspecified atom stereocenters. The molecule has 2 rings (SSSR count). The highest BCUT2D eigenvalue weighted by atomic mass is 32.2. The normalized spacial score (nSPS) is 10.8. The van der Waals surface area contributed by atoms with Crippen molar-refractivity contribution in [1.29, 1.82) is 5.26 Å². The molecule has 0 saturated carbocycles. The van der Waals surface area contributed by atoms with E-state index in [1.807, 2.05) is 13.0 Å². The van der Waals surface area contributed by atoms with Crippen LogP contribution in [0.2, 0.25) is 0 Å². The third-order valence-corrected chi connectivity index (χ3v) is 4.84. The molecular formula is C15H14N2O2S. The summed E-state index contributed by atoms with van der Waals surface area (Å²) in [6, 6.07) is 15.1. The first-order valence-electron chi connectivity index (χ1n) is 6.01. The van der Waals surface area contributed by atoms with Crippen LogP contribution in [-0.2, 0) is 10.0 Å². The molecule has 4 nitrogen and oxygen atoms in total. The van der Waals surface area contributed by atoms with Gasteiger partial charge in [0.15, 0.2) is 0 Å². The maximum Gasteiger partial charge on any atom is 0.264 e. The Balaban J connectivity index is 2.38. The number of aryl methyl sites for hydroxylation is 1. The van der Waals surface area contributed by atoms with Crippen molar-refractivity contribution in [2.24, 2.45) is 0 Å². The lowest BCUT2D eigenvalue weighted by molar-refractivity contribution is 0.594. The van der Waals surface area contributed by atoms with Gasteiger partial charge in [-0.25, -0.2) is 8.42 Å². The molecule has 0 aromatic heterocycles. The Labute approximate surface area is 118 Å². The molecule has 20 heavy (non-hydrogen) atoms. The lowest BCUT2D eigenvalue weighted by Gasteiger charge is -2.19. The molecule has 5 heteroatoms. The SMILES string of the molecule is Cc1ccc(S(=O)(=O)N(C)c2ccc(C#N)cc2)cc1. The average molecular weight is 286 g/mol. The van der Waals surface area contributed by atoms with Gasteiger partial charge in [0.05, 0.1) is 22.2 Å². The number of anilines is 1. The predicted molar refractivity (Wildman–Crippen MR) is 77.9 cm³/mol. The standard InChI is InChI=1S/C15H14N2O2S/c1-12-3-9-15(10-4-12)20(18,19)17(2)14-7-5-13(11-16)6-8-14/h3-10H,1-2H3. The fourth-order valence-electron chi connectivity index (χ4n) is 1.75. The maximum absolute atomic E-state index is 12.5. The molecule has 0 N–H and O–H groups in total. The van der Waals surface area contributed by atoms with Gasteiger partial charge in [-0.05, 0) is 43.3 Å². The third-order valence-electron chi connectivity index (χ3n) is 3.04. The highest BCUT2D eigenvalue weighted by molar-refractivity contribution is 7.92. The van der Waals surface area contributed by atoms with Crippen molar-refractivity contribution in [3.63, 3.8) is 0 Å².